The lowest BCUT2D eigenvalue weighted by Gasteiger charge is -2.35. The van der Waals surface area contributed by atoms with Crippen LogP contribution < -0.4 is 12.4 Å². The molecule has 0 spiro atoms. The zero-order valence-corrected chi connectivity index (χ0v) is 12.9. The van der Waals surface area contributed by atoms with Gasteiger partial charge in [0.1, 0.15) is 6.10 Å². The number of aromatic nitrogens is 2. The number of rotatable bonds is 1. The van der Waals surface area contributed by atoms with Crippen LogP contribution in [0.2, 0.25) is 0 Å². The molecule has 0 aliphatic carbocycles. The number of benzene rings is 1. The van der Waals surface area contributed by atoms with E-state index in [0.717, 1.165) is 38.1 Å². The van der Waals surface area contributed by atoms with Gasteiger partial charge >= 0.3 is 0 Å². The van der Waals surface area contributed by atoms with E-state index in [4.69, 9.17) is 14.6 Å². The lowest BCUT2D eigenvalue weighted by atomic mass is 9.92. The van der Waals surface area contributed by atoms with E-state index in [9.17, 15) is 0 Å². The molecule has 0 N–H and O–H groups in total. The van der Waals surface area contributed by atoms with Gasteiger partial charge in [0.05, 0.1) is 30.5 Å². The van der Waals surface area contributed by atoms with E-state index in [1.165, 1.54) is 11.1 Å². The number of ether oxygens (including phenoxy) is 2. The summed E-state index contributed by atoms with van der Waals surface area (Å²) in [6.07, 6.45) is 2.42. The van der Waals surface area contributed by atoms with E-state index in [1.54, 1.807) is 0 Å². The molecule has 2 aromatic rings. The predicted molar refractivity (Wildman–Crippen MR) is 76.6 cm³/mol. The molecule has 1 unspecified atom stereocenters. The van der Waals surface area contributed by atoms with Crippen LogP contribution in [0.5, 0.6) is 0 Å². The fraction of sp³-hybridized carbons (Fsp3) is 0.562. The van der Waals surface area contributed by atoms with Crippen molar-refractivity contribution in [1.82, 2.24) is 9.78 Å². The monoisotopic (exact) mass is 307 g/mol. The zero-order valence-electron chi connectivity index (χ0n) is 12.2. The van der Waals surface area contributed by atoms with E-state index >= 15 is 0 Å². The second kappa shape index (κ2) is 5.95. The largest absolute Gasteiger partial charge is 1.00 e. The van der Waals surface area contributed by atoms with Crippen LogP contribution in [0.3, 0.4) is 0 Å². The first-order valence-corrected chi connectivity index (χ1v) is 7.51. The van der Waals surface area contributed by atoms with Gasteiger partial charge in [-0.15, -0.1) is 0 Å². The highest BCUT2D eigenvalue weighted by Crippen LogP contribution is 2.37. The molecule has 0 saturated carbocycles. The van der Waals surface area contributed by atoms with Gasteiger partial charge in [0.15, 0.2) is 0 Å². The molecule has 0 amide bonds. The SMILES string of the molecule is CC1CCO[C@@H]([C@H]2OCCn3nc4ccccc4c32)C1.[Cl-]. The van der Waals surface area contributed by atoms with Crippen molar-refractivity contribution < 1.29 is 21.9 Å². The van der Waals surface area contributed by atoms with Crippen LogP contribution in [-0.4, -0.2) is 29.1 Å². The Kier molecular flexibility index (Phi) is 4.20. The van der Waals surface area contributed by atoms with Gasteiger partial charge in [-0.05, 0) is 24.8 Å². The summed E-state index contributed by atoms with van der Waals surface area (Å²) in [7, 11) is 0. The average molecular weight is 308 g/mol. The fourth-order valence-corrected chi connectivity index (χ4v) is 3.41. The summed E-state index contributed by atoms with van der Waals surface area (Å²) >= 11 is 0. The van der Waals surface area contributed by atoms with E-state index in [2.05, 4.69) is 29.8 Å². The molecular formula is C16H20ClN2O2-. The molecule has 0 bridgehead atoms. The fourth-order valence-electron chi connectivity index (χ4n) is 3.41. The third-order valence-corrected chi connectivity index (χ3v) is 4.47. The Balaban J connectivity index is 0.00000132. The molecule has 1 aromatic heterocycles. The minimum atomic E-state index is 0. The van der Waals surface area contributed by atoms with Crippen LogP contribution in [0.1, 0.15) is 31.6 Å². The molecule has 114 valence electrons. The van der Waals surface area contributed by atoms with Crippen molar-refractivity contribution in [3.05, 3.63) is 30.0 Å². The normalized spacial score (nSPS) is 28.9. The summed E-state index contributed by atoms with van der Waals surface area (Å²) in [6.45, 7) is 4.70. The first-order chi connectivity index (χ1) is 9.83. The Morgan fingerprint density at radius 1 is 1.19 bits per heavy atom. The molecule has 0 radical (unpaired) electrons. The van der Waals surface area contributed by atoms with Crippen molar-refractivity contribution in [3.8, 4) is 0 Å². The second-order valence-electron chi connectivity index (χ2n) is 5.96. The third-order valence-electron chi connectivity index (χ3n) is 4.47. The van der Waals surface area contributed by atoms with Gasteiger partial charge in [-0.3, -0.25) is 4.68 Å². The van der Waals surface area contributed by atoms with Crippen molar-refractivity contribution in [2.75, 3.05) is 13.2 Å². The molecule has 1 fully saturated rings. The molecule has 4 nitrogen and oxygen atoms in total. The van der Waals surface area contributed by atoms with Gasteiger partial charge in [0.2, 0.25) is 0 Å². The summed E-state index contributed by atoms with van der Waals surface area (Å²) < 4.78 is 14.2. The highest BCUT2D eigenvalue weighted by atomic mass is 35.5. The van der Waals surface area contributed by atoms with Crippen LogP contribution in [-0.2, 0) is 16.0 Å². The van der Waals surface area contributed by atoms with Gasteiger partial charge in [0.25, 0.3) is 0 Å². The van der Waals surface area contributed by atoms with Gasteiger partial charge in [0, 0.05) is 12.0 Å². The van der Waals surface area contributed by atoms with Gasteiger partial charge < -0.3 is 21.9 Å². The predicted octanol–water partition coefficient (Wildman–Crippen LogP) is -0.0733. The summed E-state index contributed by atoms with van der Waals surface area (Å²) in [5.74, 6) is 0.710. The Hall–Kier alpha value is -1.10. The summed E-state index contributed by atoms with van der Waals surface area (Å²) in [6, 6.07) is 8.32. The Morgan fingerprint density at radius 2 is 2.05 bits per heavy atom. The van der Waals surface area contributed by atoms with E-state index in [1.807, 2.05) is 6.07 Å². The maximum atomic E-state index is 6.07. The molecule has 3 atom stereocenters. The van der Waals surface area contributed by atoms with Crippen molar-refractivity contribution in [2.45, 2.75) is 38.5 Å². The average Bonchev–Trinajstić information content (AvgIpc) is 2.85. The summed E-state index contributed by atoms with van der Waals surface area (Å²) in [4.78, 5) is 0. The van der Waals surface area contributed by atoms with Crippen molar-refractivity contribution >= 4 is 10.9 Å². The highest BCUT2D eigenvalue weighted by molar-refractivity contribution is 5.82. The van der Waals surface area contributed by atoms with Crippen molar-refractivity contribution in [3.63, 3.8) is 0 Å². The number of hydrogen-bond donors (Lipinski definition) is 0. The van der Waals surface area contributed by atoms with Gasteiger partial charge in [-0.1, -0.05) is 25.1 Å². The molecule has 4 rings (SSSR count). The van der Waals surface area contributed by atoms with Crippen LogP contribution in [0.25, 0.3) is 10.9 Å². The number of halogens is 1. The Bertz CT molecular complexity index is 628. The minimum Gasteiger partial charge on any atom is -1.00 e. The van der Waals surface area contributed by atoms with Crippen molar-refractivity contribution in [2.24, 2.45) is 5.92 Å². The first kappa shape index (κ1) is 14.8. The lowest BCUT2D eigenvalue weighted by Crippen LogP contribution is -3.00. The van der Waals surface area contributed by atoms with Crippen LogP contribution in [0.15, 0.2) is 24.3 Å². The summed E-state index contributed by atoms with van der Waals surface area (Å²) in [5, 5.41) is 5.91. The molecule has 1 aromatic carbocycles. The molecule has 1 saturated heterocycles. The van der Waals surface area contributed by atoms with Gasteiger partial charge in [-0.2, -0.15) is 5.10 Å². The Morgan fingerprint density at radius 3 is 2.90 bits per heavy atom. The summed E-state index contributed by atoms with van der Waals surface area (Å²) in [5.41, 5.74) is 2.26. The maximum absolute atomic E-state index is 6.07. The highest BCUT2D eigenvalue weighted by Gasteiger charge is 2.35. The topological polar surface area (TPSA) is 36.3 Å². The Labute approximate surface area is 130 Å². The van der Waals surface area contributed by atoms with E-state index in [-0.39, 0.29) is 24.6 Å². The maximum Gasteiger partial charge on any atom is 0.126 e. The second-order valence-corrected chi connectivity index (χ2v) is 5.96. The van der Waals surface area contributed by atoms with Crippen LogP contribution in [0.4, 0.5) is 0 Å². The quantitative estimate of drug-likeness (QED) is 0.740. The van der Waals surface area contributed by atoms with E-state index < -0.39 is 0 Å². The number of nitrogens with zero attached hydrogens (tertiary/aromatic N) is 2. The number of fused-ring (bicyclic) bond motifs is 3. The van der Waals surface area contributed by atoms with E-state index in [0.29, 0.717) is 5.92 Å². The van der Waals surface area contributed by atoms with Crippen LogP contribution >= 0.6 is 0 Å². The molecule has 21 heavy (non-hydrogen) atoms. The first-order valence-electron chi connectivity index (χ1n) is 7.51. The van der Waals surface area contributed by atoms with Gasteiger partial charge in [-0.25, -0.2) is 0 Å². The molecule has 5 heteroatoms. The molecule has 3 heterocycles. The van der Waals surface area contributed by atoms with Crippen LogP contribution in [0, 0.1) is 5.92 Å². The lowest BCUT2D eigenvalue weighted by molar-refractivity contribution is -0.117. The molecule has 2 aliphatic heterocycles. The number of hydrogen-bond acceptors (Lipinski definition) is 3. The molecular weight excluding hydrogens is 288 g/mol. The smallest absolute Gasteiger partial charge is 0.126 e. The third kappa shape index (κ3) is 2.56. The molecule has 2 aliphatic rings. The van der Waals surface area contributed by atoms with Crippen molar-refractivity contribution in [1.29, 1.82) is 0 Å². The standard InChI is InChI=1S/C16H20N2O2.ClH/c1-11-6-8-19-14(10-11)16-15-12-4-2-3-5-13(12)17-18(15)7-9-20-16;/h2-5,11,14,16H,6-10H2,1H3;1H/p-1/t11?,14-,16-;/m1./s1. The minimum absolute atomic E-state index is 0. The zero-order chi connectivity index (χ0) is 13.5.